The lowest BCUT2D eigenvalue weighted by Crippen LogP contribution is -2.32. The zero-order valence-corrected chi connectivity index (χ0v) is 21.2. The number of fused-ring (bicyclic) bond motifs is 1. The van der Waals surface area contributed by atoms with Crippen molar-refractivity contribution in [3.05, 3.63) is 106 Å². The predicted molar refractivity (Wildman–Crippen MR) is 144 cm³/mol. The topological polar surface area (TPSA) is 94.6 Å². The average molecular weight is 523 g/mol. The number of benzene rings is 3. The SMILES string of the molecule is C[C@@H](Cc1ccc(OCC(F)(F)CCc2ccccc2)cc1)NC[C@H](O)c1ccc(O)c2[nH]c(=O)ccc12. The van der Waals surface area contributed by atoms with Crippen LogP contribution in [0.5, 0.6) is 11.5 Å². The van der Waals surface area contributed by atoms with Crippen LogP contribution in [-0.4, -0.2) is 40.3 Å². The molecular weight excluding hydrogens is 490 g/mol. The average Bonchev–Trinajstić information content (AvgIpc) is 2.91. The van der Waals surface area contributed by atoms with Gasteiger partial charge in [0.2, 0.25) is 5.56 Å². The molecule has 0 radical (unpaired) electrons. The van der Waals surface area contributed by atoms with Gasteiger partial charge in [0.05, 0.1) is 11.6 Å². The molecule has 6 nitrogen and oxygen atoms in total. The standard InChI is InChI=1S/C30H32F2N2O4/c1-20(33-18-27(36)24-11-13-26(35)29-25(24)12-14-28(37)34-29)17-22-7-9-23(10-8-22)38-19-30(31,32)16-15-21-5-3-2-4-6-21/h2-14,20,27,33,35-36H,15-19H2,1H3,(H,34,37)/t20-,27-/m0/s1. The van der Waals surface area contributed by atoms with Crippen LogP contribution in [-0.2, 0) is 12.8 Å². The van der Waals surface area contributed by atoms with Gasteiger partial charge in [-0.1, -0.05) is 48.5 Å². The van der Waals surface area contributed by atoms with E-state index in [2.05, 4.69) is 10.3 Å². The highest BCUT2D eigenvalue weighted by molar-refractivity contribution is 5.87. The predicted octanol–water partition coefficient (Wildman–Crippen LogP) is 5.13. The number of aliphatic hydroxyl groups excluding tert-OH is 1. The van der Waals surface area contributed by atoms with Gasteiger partial charge in [0.25, 0.3) is 5.92 Å². The third-order valence-corrected chi connectivity index (χ3v) is 6.46. The summed E-state index contributed by atoms with van der Waals surface area (Å²) in [6, 6.07) is 22.3. The molecule has 4 N–H and O–H groups in total. The largest absolute Gasteiger partial charge is 0.506 e. The number of hydrogen-bond acceptors (Lipinski definition) is 5. The smallest absolute Gasteiger partial charge is 0.281 e. The minimum absolute atomic E-state index is 0.0157. The number of phenolic OH excluding ortho intramolecular Hbond substituents is 1. The number of aliphatic hydroxyl groups is 1. The van der Waals surface area contributed by atoms with Crippen LogP contribution in [0.3, 0.4) is 0 Å². The summed E-state index contributed by atoms with van der Waals surface area (Å²) in [6.45, 7) is 1.57. The molecule has 0 bridgehead atoms. The van der Waals surface area contributed by atoms with Crippen molar-refractivity contribution >= 4 is 10.9 Å². The van der Waals surface area contributed by atoms with Crippen molar-refractivity contribution in [3.63, 3.8) is 0 Å². The number of nitrogens with one attached hydrogen (secondary N) is 2. The van der Waals surface area contributed by atoms with Crippen LogP contribution < -0.4 is 15.6 Å². The van der Waals surface area contributed by atoms with Gasteiger partial charge in [-0.3, -0.25) is 4.79 Å². The quantitative estimate of drug-likeness (QED) is 0.207. The number of phenols is 1. The maximum absolute atomic E-state index is 14.3. The van der Waals surface area contributed by atoms with Crippen LogP contribution in [0.2, 0.25) is 0 Å². The summed E-state index contributed by atoms with van der Waals surface area (Å²) in [7, 11) is 0. The zero-order chi connectivity index (χ0) is 27.1. The fraction of sp³-hybridized carbons (Fsp3) is 0.300. The summed E-state index contributed by atoms with van der Waals surface area (Å²) in [4.78, 5) is 14.2. The maximum atomic E-state index is 14.3. The van der Waals surface area contributed by atoms with Crippen LogP contribution >= 0.6 is 0 Å². The Morgan fingerprint density at radius 1 is 0.974 bits per heavy atom. The van der Waals surface area contributed by atoms with E-state index in [4.69, 9.17) is 4.74 Å². The number of aryl methyl sites for hydroxylation is 1. The number of hydrogen-bond donors (Lipinski definition) is 4. The van der Waals surface area contributed by atoms with Crippen molar-refractivity contribution in [2.45, 2.75) is 44.3 Å². The van der Waals surface area contributed by atoms with Crippen LogP contribution in [0.25, 0.3) is 10.9 Å². The molecule has 2 atom stereocenters. The van der Waals surface area contributed by atoms with Crippen molar-refractivity contribution in [2.75, 3.05) is 13.2 Å². The highest BCUT2D eigenvalue weighted by Gasteiger charge is 2.29. The molecule has 4 rings (SSSR count). The lowest BCUT2D eigenvalue weighted by molar-refractivity contribution is -0.0473. The van der Waals surface area contributed by atoms with E-state index >= 15 is 0 Å². The molecule has 0 saturated carbocycles. The van der Waals surface area contributed by atoms with Gasteiger partial charge in [-0.25, -0.2) is 8.78 Å². The Morgan fingerprint density at radius 2 is 1.71 bits per heavy atom. The van der Waals surface area contributed by atoms with E-state index in [0.717, 1.165) is 11.1 Å². The van der Waals surface area contributed by atoms with Crippen molar-refractivity contribution in [1.82, 2.24) is 10.3 Å². The lowest BCUT2D eigenvalue weighted by Gasteiger charge is -2.19. The van der Waals surface area contributed by atoms with Crippen molar-refractivity contribution in [1.29, 1.82) is 0 Å². The highest BCUT2D eigenvalue weighted by atomic mass is 19.3. The van der Waals surface area contributed by atoms with Gasteiger partial charge in [0.1, 0.15) is 11.5 Å². The molecule has 1 heterocycles. The molecule has 0 spiro atoms. The minimum Gasteiger partial charge on any atom is -0.506 e. The molecule has 1 aromatic heterocycles. The first-order chi connectivity index (χ1) is 18.2. The molecule has 4 aromatic rings. The number of pyridine rings is 1. The molecule has 0 aliphatic heterocycles. The van der Waals surface area contributed by atoms with E-state index in [9.17, 15) is 23.8 Å². The Labute approximate surface area is 219 Å². The number of aromatic amines is 1. The van der Waals surface area contributed by atoms with Crippen molar-refractivity contribution < 1.29 is 23.7 Å². The number of ether oxygens (including phenoxy) is 1. The van der Waals surface area contributed by atoms with Gasteiger partial charge in [-0.05, 0) is 60.7 Å². The second kappa shape index (κ2) is 12.2. The number of alkyl halides is 2. The van der Waals surface area contributed by atoms with Gasteiger partial charge in [0.15, 0.2) is 6.61 Å². The Kier molecular flexibility index (Phi) is 8.76. The molecule has 0 amide bonds. The fourth-order valence-electron chi connectivity index (χ4n) is 4.35. The number of aromatic nitrogens is 1. The normalized spacial score (nSPS) is 13.4. The van der Waals surface area contributed by atoms with Gasteiger partial charge in [-0.15, -0.1) is 0 Å². The molecule has 0 saturated heterocycles. The minimum atomic E-state index is -2.92. The number of halogens is 2. The second-order valence-corrected chi connectivity index (χ2v) is 9.59. The van der Waals surface area contributed by atoms with E-state index in [1.54, 1.807) is 24.3 Å². The Hall–Kier alpha value is -3.75. The molecule has 0 fully saturated rings. The molecular formula is C30H32F2N2O4. The third kappa shape index (κ3) is 7.40. The Morgan fingerprint density at radius 3 is 2.45 bits per heavy atom. The zero-order valence-electron chi connectivity index (χ0n) is 21.2. The van der Waals surface area contributed by atoms with Crippen LogP contribution in [0, 0.1) is 0 Å². The Bertz CT molecular complexity index is 1390. The maximum Gasteiger partial charge on any atom is 0.281 e. The van der Waals surface area contributed by atoms with E-state index in [1.165, 1.54) is 12.1 Å². The molecule has 0 aliphatic carbocycles. The van der Waals surface area contributed by atoms with Crippen LogP contribution in [0.1, 0.15) is 36.1 Å². The molecule has 3 aromatic carbocycles. The summed E-state index contributed by atoms with van der Waals surface area (Å²) in [5.74, 6) is -2.59. The number of H-pyrrole nitrogens is 1. The molecule has 0 unspecified atom stereocenters. The lowest BCUT2D eigenvalue weighted by atomic mass is 10.0. The van der Waals surface area contributed by atoms with Crippen LogP contribution in [0.15, 0.2) is 83.7 Å². The summed E-state index contributed by atoms with van der Waals surface area (Å²) >= 11 is 0. The third-order valence-electron chi connectivity index (χ3n) is 6.46. The first-order valence-corrected chi connectivity index (χ1v) is 12.6. The monoisotopic (exact) mass is 522 g/mol. The van der Waals surface area contributed by atoms with Gasteiger partial charge in [0, 0.05) is 30.5 Å². The van der Waals surface area contributed by atoms with E-state index in [-0.39, 0.29) is 36.7 Å². The highest BCUT2D eigenvalue weighted by Crippen LogP contribution is 2.28. The molecule has 8 heteroatoms. The van der Waals surface area contributed by atoms with Crippen molar-refractivity contribution in [2.24, 2.45) is 0 Å². The molecule has 200 valence electrons. The summed E-state index contributed by atoms with van der Waals surface area (Å²) in [5.41, 5.74) is 2.42. The van der Waals surface area contributed by atoms with Gasteiger partial charge < -0.3 is 25.3 Å². The van der Waals surface area contributed by atoms with Gasteiger partial charge >= 0.3 is 0 Å². The van der Waals surface area contributed by atoms with Crippen LogP contribution in [0.4, 0.5) is 8.78 Å². The first-order valence-electron chi connectivity index (χ1n) is 12.6. The van der Waals surface area contributed by atoms with E-state index in [1.807, 2.05) is 49.4 Å². The molecule has 0 aliphatic rings. The first kappa shape index (κ1) is 27.3. The van der Waals surface area contributed by atoms with E-state index in [0.29, 0.717) is 28.6 Å². The van der Waals surface area contributed by atoms with Crippen molar-refractivity contribution in [3.8, 4) is 11.5 Å². The van der Waals surface area contributed by atoms with Gasteiger partial charge in [-0.2, -0.15) is 0 Å². The fourth-order valence-corrected chi connectivity index (χ4v) is 4.35. The molecule has 38 heavy (non-hydrogen) atoms. The Balaban J connectivity index is 1.25. The summed E-state index contributed by atoms with van der Waals surface area (Å²) in [5, 5.41) is 24.6. The number of rotatable bonds is 12. The number of aromatic hydroxyl groups is 1. The summed E-state index contributed by atoms with van der Waals surface area (Å²) < 4.78 is 33.9. The van der Waals surface area contributed by atoms with E-state index < -0.39 is 18.6 Å². The second-order valence-electron chi connectivity index (χ2n) is 9.59. The summed E-state index contributed by atoms with van der Waals surface area (Å²) in [6.07, 6.45) is -0.185.